The largest absolute Gasteiger partial charge is 0.462 e. The molecule has 1 amide bonds. The molecule has 7 heteroatoms. The van der Waals surface area contributed by atoms with Crippen molar-refractivity contribution in [3.8, 4) is 0 Å². The third-order valence-corrected chi connectivity index (χ3v) is 4.21. The van der Waals surface area contributed by atoms with Gasteiger partial charge in [-0.3, -0.25) is 9.59 Å². The maximum absolute atomic E-state index is 11.8. The third kappa shape index (κ3) is 4.42. The summed E-state index contributed by atoms with van der Waals surface area (Å²) >= 11 is 1.48. The van der Waals surface area contributed by atoms with Crippen LogP contribution in [0.5, 0.6) is 0 Å². The molecule has 1 aromatic rings. The highest BCUT2D eigenvalue weighted by molar-refractivity contribution is 7.13. The Labute approximate surface area is 128 Å². The molecule has 0 atom stereocenters. The van der Waals surface area contributed by atoms with Crippen molar-refractivity contribution in [2.75, 3.05) is 24.5 Å². The van der Waals surface area contributed by atoms with Gasteiger partial charge in [0.2, 0.25) is 0 Å². The molecule has 1 N–H and O–H groups in total. The van der Waals surface area contributed by atoms with Crippen LogP contribution in [0.4, 0.5) is 5.13 Å². The summed E-state index contributed by atoms with van der Waals surface area (Å²) in [5, 5.41) is 5.47. The zero-order chi connectivity index (χ0) is 15.2. The van der Waals surface area contributed by atoms with Crippen LogP contribution in [0, 0.1) is 0 Å². The van der Waals surface area contributed by atoms with Gasteiger partial charge in [-0.25, -0.2) is 4.98 Å². The minimum atomic E-state index is -0.224. The van der Waals surface area contributed by atoms with E-state index in [9.17, 15) is 9.59 Å². The van der Waals surface area contributed by atoms with E-state index in [1.54, 1.807) is 5.38 Å². The fourth-order valence-electron chi connectivity index (χ4n) is 2.24. The Morgan fingerprint density at radius 1 is 1.48 bits per heavy atom. The van der Waals surface area contributed by atoms with Crippen LogP contribution in [0.2, 0.25) is 0 Å². The van der Waals surface area contributed by atoms with Gasteiger partial charge in [-0.15, -0.1) is 11.3 Å². The summed E-state index contributed by atoms with van der Waals surface area (Å²) in [6, 6.07) is 0. The van der Waals surface area contributed by atoms with Crippen LogP contribution in [0.15, 0.2) is 5.38 Å². The second-order valence-corrected chi connectivity index (χ2v) is 5.90. The first kappa shape index (κ1) is 15.8. The molecule has 0 unspecified atom stereocenters. The molecule has 1 aromatic heterocycles. The summed E-state index contributed by atoms with van der Waals surface area (Å²) in [7, 11) is 0. The SMILES string of the molecule is CCCNC(=O)c1csc(N2CCC(OC(C)=O)CC2)n1. The van der Waals surface area contributed by atoms with Crippen molar-refractivity contribution in [1.29, 1.82) is 0 Å². The van der Waals surface area contributed by atoms with E-state index in [1.165, 1.54) is 18.3 Å². The first-order chi connectivity index (χ1) is 10.1. The summed E-state index contributed by atoms with van der Waals surface area (Å²) in [5.74, 6) is -0.341. The molecule has 21 heavy (non-hydrogen) atoms. The lowest BCUT2D eigenvalue weighted by atomic mass is 10.1. The fourth-order valence-corrected chi connectivity index (χ4v) is 3.10. The van der Waals surface area contributed by atoms with E-state index in [1.807, 2.05) is 6.92 Å². The van der Waals surface area contributed by atoms with Gasteiger partial charge in [0.1, 0.15) is 11.8 Å². The Hall–Kier alpha value is -1.63. The molecular formula is C14H21N3O3S. The van der Waals surface area contributed by atoms with Crippen LogP contribution in [0.1, 0.15) is 43.6 Å². The summed E-state index contributed by atoms with van der Waals surface area (Å²) in [5.41, 5.74) is 0.477. The molecule has 1 fully saturated rings. The molecule has 116 valence electrons. The van der Waals surface area contributed by atoms with Crippen LogP contribution >= 0.6 is 11.3 Å². The van der Waals surface area contributed by atoms with E-state index in [0.29, 0.717) is 12.2 Å². The van der Waals surface area contributed by atoms with E-state index >= 15 is 0 Å². The van der Waals surface area contributed by atoms with Crippen molar-refractivity contribution in [3.05, 3.63) is 11.1 Å². The van der Waals surface area contributed by atoms with Crippen molar-refractivity contribution in [1.82, 2.24) is 10.3 Å². The number of hydrogen-bond acceptors (Lipinski definition) is 6. The lowest BCUT2D eigenvalue weighted by molar-refractivity contribution is -0.147. The van der Waals surface area contributed by atoms with E-state index in [0.717, 1.165) is 37.5 Å². The second kappa shape index (κ2) is 7.40. The normalized spacial score (nSPS) is 15.8. The van der Waals surface area contributed by atoms with E-state index in [2.05, 4.69) is 15.2 Å². The Balaban J connectivity index is 1.88. The molecule has 0 bridgehead atoms. The lowest BCUT2D eigenvalue weighted by Crippen LogP contribution is -2.37. The predicted molar refractivity (Wildman–Crippen MR) is 81.7 cm³/mol. The van der Waals surface area contributed by atoms with Crippen molar-refractivity contribution < 1.29 is 14.3 Å². The number of hydrogen-bond donors (Lipinski definition) is 1. The van der Waals surface area contributed by atoms with Gasteiger partial charge in [0.05, 0.1) is 0 Å². The summed E-state index contributed by atoms with van der Waals surface area (Å²) in [6.45, 7) is 5.71. The highest BCUT2D eigenvalue weighted by Gasteiger charge is 2.23. The van der Waals surface area contributed by atoms with Crippen LogP contribution in [-0.4, -0.2) is 42.6 Å². The number of rotatable bonds is 5. The molecule has 6 nitrogen and oxygen atoms in total. The number of thiazole rings is 1. The highest BCUT2D eigenvalue weighted by Crippen LogP contribution is 2.25. The minimum absolute atomic E-state index is 0.00559. The van der Waals surface area contributed by atoms with Crippen molar-refractivity contribution in [2.24, 2.45) is 0 Å². The number of amides is 1. The van der Waals surface area contributed by atoms with Gasteiger partial charge in [-0.05, 0) is 6.42 Å². The molecule has 0 aliphatic carbocycles. The minimum Gasteiger partial charge on any atom is -0.462 e. The number of piperidine rings is 1. The summed E-state index contributed by atoms with van der Waals surface area (Å²) < 4.78 is 5.22. The number of esters is 1. The standard InChI is InChI=1S/C14H21N3O3S/c1-3-6-15-13(19)12-9-21-14(16-12)17-7-4-11(5-8-17)20-10(2)18/h9,11H,3-8H2,1-2H3,(H,15,19). The van der Waals surface area contributed by atoms with Gasteiger partial charge >= 0.3 is 5.97 Å². The molecule has 0 aromatic carbocycles. The van der Waals surface area contributed by atoms with E-state index < -0.39 is 0 Å². The maximum atomic E-state index is 11.8. The number of nitrogens with one attached hydrogen (secondary N) is 1. The zero-order valence-corrected chi connectivity index (χ0v) is 13.2. The van der Waals surface area contributed by atoms with Crippen LogP contribution in [-0.2, 0) is 9.53 Å². The lowest BCUT2D eigenvalue weighted by Gasteiger charge is -2.31. The molecule has 2 heterocycles. The average molecular weight is 311 g/mol. The molecule has 1 aliphatic rings. The van der Waals surface area contributed by atoms with Crippen molar-refractivity contribution >= 4 is 28.3 Å². The molecule has 0 radical (unpaired) electrons. The van der Waals surface area contributed by atoms with E-state index in [-0.39, 0.29) is 18.0 Å². The summed E-state index contributed by atoms with van der Waals surface area (Å²) in [4.78, 5) is 29.3. The maximum Gasteiger partial charge on any atom is 0.302 e. The second-order valence-electron chi connectivity index (χ2n) is 5.07. The van der Waals surface area contributed by atoms with Crippen molar-refractivity contribution in [2.45, 2.75) is 39.2 Å². The first-order valence-corrected chi connectivity index (χ1v) is 8.14. The number of carbonyl (C=O) groups excluding carboxylic acids is 2. The van der Waals surface area contributed by atoms with E-state index in [4.69, 9.17) is 4.74 Å². The zero-order valence-electron chi connectivity index (χ0n) is 12.4. The Morgan fingerprint density at radius 3 is 2.81 bits per heavy atom. The van der Waals surface area contributed by atoms with Gasteiger partial charge in [0.25, 0.3) is 5.91 Å². The third-order valence-electron chi connectivity index (χ3n) is 3.31. The Bertz CT molecular complexity index is 495. The Kier molecular flexibility index (Phi) is 5.55. The van der Waals surface area contributed by atoms with Gasteiger partial charge in [0.15, 0.2) is 5.13 Å². The predicted octanol–water partition coefficient (Wildman–Crippen LogP) is 1.81. The average Bonchev–Trinajstić information content (AvgIpc) is 2.95. The van der Waals surface area contributed by atoms with Gasteiger partial charge in [-0.1, -0.05) is 6.92 Å². The fraction of sp³-hybridized carbons (Fsp3) is 0.643. The molecule has 1 aliphatic heterocycles. The van der Waals surface area contributed by atoms with Gasteiger partial charge in [0, 0.05) is 44.8 Å². The van der Waals surface area contributed by atoms with Crippen LogP contribution < -0.4 is 10.2 Å². The van der Waals surface area contributed by atoms with Gasteiger partial charge < -0.3 is 15.0 Å². The topological polar surface area (TPSA) is 71.5 Å². The molecule has 2 rings (SSSR count). The number of carbonyl (C=O) groups is 2. The molecule has 0 saturated carbocycles. The van der Waals surface area contributed by atoms with Gasteiger partial charge in [-0.2, -0.15) is 0 Å². The van der Waals surface area contributed by atoms with Crippen LogP contribution in [0.3, 0.4) is 0 Å². The molecule has 1 saturated heterocycles. The Morgan fingerprint density at radius 2 is 2.19 bits per heavy atom. The number of aromatic nitrogens is 1. The van der Waals surface area contributed by atoms with Crippen molar-refractivity contribution in [3.63, 3.8) is 0 Å². The molecular weight excluding hydrogens is 290 g/mol. The number of anilines is 1. The quantitative estimate of drug-likeness (QED) is 0.840. The highest BCUT2D eigenvalue weighted by atomic mass is 32.1. The van der Waals surface area contributed by atoms with Crippen LogP contribution in [0.25, 0.3) is 0 Å². The number of ether oxygens (including phenoxy) is 1. The first-order valence-electron chi connectivity index (χ1n) is 7.26. The smallest absolute Gasteiger partial charge is 0.302 e. The monoisotopic (exact) mass is 311 g/mol. The number of nitrogens with zero attached hydrogens (tertiary/aromatic N) is 2. The summed E-state index contributed by atoms with van der Waals surface area (Å²) in [6.07, 6.45) is 2.52. The molecule has 0 spiro atoms.